The summed E-state index contributed by atoms with van der Waals surface area (Å²) in [5.41, 5.74) is 2.79. The third-order valence-electron chi connectivity index (χ3n) is 4.42. The highest BCUT2D eigenvalue weighted by Crippen LogP contribution is 2.37. The number of nitrogens with zero attached hydrogens (tertiary/aromatic N) is 1. The van der Waals surface area contributed by atoms with E-state index in [1.54, 1.807) is 18.2 Å². The van der Waals surface area contributed by atoms with E-state index in [0.29, 0.717) is 5.75 Å². The number of hydrazine groups is 1. The van der Waals surface area contributed by atoms with Crippen LogP contribution in [0.3, 0.4) is 0 Å². The summed E-state index contributed by atoms with van der Waals surface area (Å²) in [6, 6.07) is 9.43. The third kappa shape index (κ3) is 4.53. The Kier molecular flexibility index (Phi) is 7.01. The van der Waals surface area contributed by atoms with Crippen LogP contribution in [-0.2, 0) is 4.79 Å². The molecule has 0 spiro atoms. The van der Waals surface area contributed by atoms with E-state index in [0.717, 1.165) is 16.8 Å². The van der Waals surface area contributed by atoms with Crippen molar-refractivity contribution in [2.24, 2.45) is 0 Å². The Labute approximate surface area is 192 Å². The highest BCUT2D eigenvalue weighted by atomic mass is 32.2. The molecule has 32 heavy (non-hydrogen) atoms. The van der Waals surface area contributed by atoms with Gasteiger partial charge in [0.15, 0.2) is 15.8 Å². The zero-order valence-corrected chi connectivity index (χ0v) is 18.8. The number of ether oxygens (including phenoxy) is 3. The number of thiocarbonyl (C=S) groups is 1. The van der Waals surface area contributed by atoms with Gasteiger partial charge in [0.2, 0.25) is 0 Å². The third-order valence-corrected chi connectivity index (χ3v) is 5.72. The number of carboxylic acids is 1. The topological polar surface area (TPSA) is 114 Å². The first-order chi connectivity index (χ1) is 15.3. The minimum Gasteiger partial charge on any atom is -0.497 e. The molecule has 166 valence electrons. The highest BCUT2D eigenvalue weighted by Gasteiger charge is 2.34. The van der Waals surface area contributed by atoms with Crippen molar-refractivity contribution < 1.29 is 33.7 Å². The van der Waals surface area contributed by atoms with Gasteiger partial charge in [0.1, 0.15) is 11.3 Å². The van der Waals surface area contributed by atoms with E-state index in [4.69, 9.17) is 26.4 Å². The zero-order valence-electron chi connectivity index (χ0n) is 17.2. The van der Waals surface area contributed by atoms with E-state index >= 15 is 0 Å². The van der Waals surface area contributed by atoms with Gasteiger partial charge in [0.05, 0.1) is 26.2 Å². The number of carbonyl (C=O) groups excluding carboxylic acids is 2. The van der Waals surface area contributed by atoms with E-state index < -0.39 is 17.8 Å². The summed E-state index contributed by atoms with van der Waals surface area (Å²) in [4.78, 5) is 37.4. The standard InChI is InChI=1S/C21H18N2O7S2/c1-28-13-6-4-5-12(9-13)18(24)22-23-19(25)15(32-21(23)31)10-11-7-8-14(29-2)17(30-3)16(11)20(26)27/h4-10H,1-3H3,(H,22,24)(H,26,27)/b15-10+. The molecule has 0 bridgehead atoms. The molecule has 11 heteroatoms. The number of hydrogen-bond acceptors (Lipinski definition) is 8. The summed E-state index contributed by atoms with van der Waals surface area (Å²) in [5.74, 6) is -1.66. The van der Waals surface area contributed by atoms with Crippen molar-refractivity contribution in [1.82, 2.24) is 10.4 Å². The van der Waals surface area contributed by atoms with Gasteiger partial charge in [-0.25, -0.2) is 4.79 Å². The van der Waals surface area contributed by atoms with E-state index in [9.17, 15) is 19.5 Å². The fourth-order valence-corrected chi connectivity index (χ4v) is 4.09. The molecule has 1 aliphatic heterocycles. The molecule has 0 unspecified atom stereocenters. The molecule has 1 fully saturated rings. The molecule has 1 aliphatic rings. The van der Waals surface area contributed by atoms with Gasteiger partial charge < -0.3 is 19.3 Å². The molecule has 0 saturated carbocycles. The molecular formula is C21H18N2O7S2. The molecule has 2 aromatic carbocycles. The molecule has 0 atom stereocenters. The Balaban J connectivity index is 1.90. The number of rotatable bonds is 7. The van der Waals surface area contributed by atoms with Crippen LogP contribution in [0, 0.1) is 0 Å². The number of amides is 2. The summed E-state index contributed by atoms with van der Waals surface area (Å²) >= 11 is 6.16. The lowest BCUT2D eigenvalue weighted by molar-refractivity contribution is -0.123. The second-order valence-electron chi connectivity index (χ2n) is 6.26. The largest absolute Gasteiger partial charge is 0.497 e. The van der Waals surface area contributed by atoms with Crippen LogP contribution < -0.4 is 19.6 Å². The van der Waals surface area contributed by atoms with Crippen molar-refractivity contribution >= 4 is 52.2 Å². The number of nitrogens with one attached hydrogen (secondary N) is 1. The van der Waals surface area contributed by atoms with Crippen LogP contribution in [0.2, 0.25) is 0 Å². The first-order valence-electron chi connectivity index (χ1n) is 9.02. The Morgan fingerprint density at radius 1 is 1.12 bits per heavy atom. The van der Waals surface area contributed by atoms with Crippen LogP contribution >= 0.6 is 24.0 Å². The van der Waals surface area contributed by atoms with Crippen LogP contribution in [0.5, 0.6) is 17.2 Å². The predicted molar refractivity (Wildman–Crippen MR) is 122 cm³/mol. The molecule has 1 saturated heterocycles. The first kappa shape index (κ1) is 23.1. The van der Waals surface area contributed by atoms with E-state index in [1.807, 2.05) is 0 Å². The van der Waals surface area contributed by atoms with E-state index in [1.165, 1.54) is 45.6 Å². The Morgan fingerprint density at radius 2 is 1.88 bits per heavy atom. The highest BCUT2D eigenvalue weighted by molar-refractivity contribution is 8.26. The molecule has 2 aromatic rings. The summed E-state index contributed by atoms with van der Waals surface area (Å²) in [6.45, 7) is 0. The van der Waals surface area contributed by atoms with E-state index in [-0.39, 0.29) is 37.4 Å². The Morgan fingerprint density at radius 3 is 2.50 bits per heavy atom. The van der Waals surface area contributed by atoms with Crippen LogP contribution in [0.15, 0.2) is 41.3 Å². The van der Waals surface area contributed by atoms with E-state index in [2.05, 4.69) is 5.43 Å². The van der Waals surface area contributed by atoms with Gasteiger partial charge in [0, 0.05) is 5.56 Å². The summed E-state index contributed by atoms with van der Waals surface area (Å²) in [5, 5.41) is 10.6. The molecule has 9 nitrogen and oxygen atoms in total. The minimum absolute atomic E-state index is 0.0237. The number of benzene rings is 2. The summed E-state index contributed by atoms with van der Waals surface area (Å²) in [6.07, 6.45) is 1.38. The van der Waals surface area contributed by atoms with Gasteiger partial charge in [-0.05, 0) is 48.1 Å². The van der Waals surface area contributed by atoms with Gasteiger partial charge in [-0.15, -0.1) is 0 Å². The first-order valence-corrected chi connectivity index (χ1v) is 10.2. The van der Waals surface area contributed by atoms with Crippen molar-refractivity contribution in [3.8, 4) is 17.2 Å². The maximum atomic E-state index is 12.9. The smallest absolute Gasteiger partial charge is 0.340 e. The molecule has 0 aromatic heterocycles. The molecule has 1 heterocycles. The number of aromatic carboxylic acids is 1. The van der Waals surface area contributed by atoms with Gasteiger partial charge >= 0.3 is 5.97 Å². The molecule has 2 amide bonds. The van der Waals surface area contributed by atoms with Gasteiger partial charge in [-0.1, -0.05) is 23.9 Å². The quantitative estimate of drug-likeness (QED) is 0.462. The number of carboxylic acid groups (broad SMARTS) is 1. The molecule has 3 rings (SSSR count). The summed E-state index contributed by atoms with van der Waals surface area (Å²) in [7, 11) is 4.18. The zero-order chi connectivity index (χ0) is 23.4. The monoisotopic (exact) mass is 474 g/mol. The van der Waals surface area contributed by atoms with Crippen molar-refractivity contribution in [3.63, 3.8) is 0 Å². The number of methoxy groups -OCH3 is 3. The average Bonchev–Trinajstić information content (AvgIpc) is 3.05. The molecule has 2 N–H and O–H groups in total. The Hall–Kier alpha value is -3.57. The molecular weight excluding hydrogens is 456 g/mol. The number of thioether (sulfide) groups is 1. The van der Waals surface area contributed by atoms with Crippen LogP contribution in [0.1, 0.15) is 26.3 Å². The van der Waals surface area contributed by atoms with Gasteiger partial charge in [-0.3, -0.25) is 15.0 Å². The molecule has 0 radical (unpaired) electrons. The number of hydrogen-bond donors (Lipinski definition) is 2. The lowest BCUT2D eigenvalue weighted by Crippen LogP contribution is -2.44. The fourth-order valence-electron chi connectivity index (χ4n) is 2.92. The fraction of sp³-hybridized carbons (Fsp3) is 0.143. The van der Waals surface area contributed by atoms with Crippen LogP contribution in [0.4, 0.5) is 0 Å². The van der Waals surface area contributed by atoms with Crippen molar-refractivity contribution in [2.45, 2.75) is 0 Å². The second-order valence-corrected chi connectivity index (χ2v) is 7.94. The number of carbonyl (C=O) groups is 3. The van der Waals surface area contributed by atoms with Crippen molar-refractivity contribution in [2.75, 3.05) is 21.3 Å². The van der Waals surface area contributed by atoms with Gasteiger partial charge in [0.25, 0.3) is 11.8 Å². The average molecular weight is 475 g/mol. The van der Waals surface area contributed by atoms with Crippen LogP contribution in [-0.4, -0.2) is 53.5 Å². The SMILES string of the molecule is COc1cccc(C(=O)NN2C(=O)/C(=C\c3ccc(OC)c(OC)c3C(=O)O)SC2=S)c1. The Bertz CT molecular complexity index is 1150. The maximum absolute atomic E-state index is 12.9. The lowest BCUT2D eigenvalue weighted by atomic mass is 10.0. The van der Waals surface area contributed by atoms with Crippen molar-refractivity contribution in [3.05, 3.63) is 58.0 Å². The van der Waals surface area contributed by atoms with Gasteiger partial charge in [-0.2, -0.15) is 5.01 Å². The summed E-state index contributed by atoms with van der Waals surface area (Å²) < 4.78 is 15.5. The minimum atomic E-state index is -1.26. The normalized spacial score (nSPS) is 14.5. The van der Waals surface area contributed by atoms with Crippen molar-refractivity contribution in [1.29, 1.82) is 0 Å². The molecule has 0 aliphatic carbocycles. The second kappa shape index (κ2) is 9.71. The lowest BCUT2D eigenvalue weighted by Gasteiger charge is -2.16. The van der Waals surface area contributed by atoms with Crippen LogP contribution in [0.25, 0.3) is 6.08 Å². The predicted octanol–water partition coefficient (Wildman–Crippen LogP) is 2.96. The maximum Gasteiger partial charge on any atom is 0.340 e.